The van der Waals surface area contributed by atoms with Gasteiger partial charge in [0.15, 0.2) is 0 Å². The number of nitrogens with one attached hydrogen (secondary N) is 1. The zero-order valence-corrected chi connectivity index (χ0v) is 17.7. The lowest BCUT2D eigenvalue weighted by Crippen LogP contribution is -2.74. The summed E-state index contributed by atoms with van der Waals surface area (Å²) in [6, 6.07) is -2.40. The minimum Gasteiger partial charge on any atom is -0.464 e. The van der Waals surface area contributed by atoms with Crippen molar-refractivity contribution in [1.82, 2.24) is 5.32 Å². The minimum absolute atomic E-state index is 0.433. The molecule has 0 aliphatic carbocycles. The molecule has 0 aromatic rings. The topological polar surface area (TPSA) is 55.4 Å². The van der Waals surface area contributed by atoms with Gasteiger partial charge in [0.05, 0.1) is 6.61 Å². The standard InChI is InChI=1S/C17H16F15NO3/c1-4-5-8(9(34)36-6-7(2)3)33-10(35)11(18,19)12(20,21)13(22,23)14(24,25)15(26,27)16(28,29)17(30,31)32/h4,7-8H,1,5-6H2,2-3H3,(H,33,35). The summed E-state index contributed by atoms with van der Waals surface area (Å²) >= 11 is 0. The smallest absolute Gasteiger partial charge is 0.460 e. The number of alkyl halides is 15. The fraction of sp³-hybridized carbons (Fsp3) is 0.765. The molecule has 0 aliphatic rings. The van der Waals surface area contributed by atoms with Crippen LogP contribution in [0.5, 0.6) is 0 Å². The van der Waals surface area contributed by atoms with E-state index >= 15 is 0 Å². The molecule has 0 aromatic heterocycles. The molecule has 0 aliphatic heterocycles. The van der Waals surface area contributed by atoms with Gasteiger partial charge in [-0.3, -0.25) is 4.79 Å². The summed E-state index contributed by atoms with van der Waals surface area (Å²) < 4.78 is 202. The molecule has 0 spiro atoms. The molecule has 0 radical (unpaired) electrons. The van der Waals surface area contributed by atoms with Gasteiger partial charge in [0.25, 0.3) is 5.91 Å². The molecule has 212 valence electrons. The van der Waals surface area contributed by atoms with Crippen LogP contribution >= 0.6 is 0 Å². The number of hydrogen-bond donors (Lipinski definition) is 1. The fourth-order valence-corrected chi connectivity index (χ4v) is 2.09. The van der Waals surface area contributed by atoms with Gasteiger partial charge in [0.1, 0.15) is 6.04 Å². The Balaban J connectivity index is 6.39. The third kappa shape index (κ3) is 5.47. The molecule has 36 heavy (non-hydrogen) atoms. The number of carbonyl (C=O) groups excluding carboxylic acids is 2. The molecule has 1 atom stereocenters. The zero-order chi connectivity index (χ0) is 29.3. The summed E-state index contributed by atoms with van der Waals surface area (Å²) in [6.07, 6.45) is -7.99. The molecule has 1 unspecified atom stereocenters. The Morgan fingerprint density at radius 1 is 0.750 bits per heavy atom. The second kappa shape index (κ2) is 10.2. The van der Waals surface area contributed by atoms with Crippen molar-refractivity contribution < 1.29 is 80.2 Å². The second-order valence-electron chi connectivity index (χ2n) is 7.52. The van der Waals surface area contributed by atoms with Crippen molar-refractivity contribution in [3.05, 3.63) is 12.7 Å². The van der Waals surface area contributed by atoms with E-state index < -0.39 is 78.6 Å². The van der Waals surface area contributed by atoms with Crippen LogP contribution in [-0.2, 0) is 14.3 Å². The van der Waals surface area contributed by atoms with Crippen molar-refractivity contribution in [2.45, 2.75) is 68.0 Å². The van der Waals surface area contributed by atoms with Crippen molar-refractivity contribution in [2.24, 2.45) is 5.92 Å². The molecule has 0 saturated carbocycles. The van der Waals surface area contributed by atoms with Crippen LogP contribution in [0.1, 0.15) is 20.3 Å². The highest BCUT2D eigenvalue weighted by atomic mass is 19.4. The van der Waals surface area contributed by atoms with Crippen LogP contribution in [0.4, 0.5) is 65.9 Å². The van der Waals surface area contributed by atoms with Crippen molar-refractivity contribution in [3.8, 4) is 0 Å². The van der Waals surface area contributed by atoms with Crippen LogP contribution in [0.25, 0.3) is 0 Å². The third-order valence-electron chi connectivity index (χ3n) is 4.16. The van der Waals surface area contributed by atoms with E-state index in [9.17, 15) is 75.4 Å². The Labute approximate surface area is 191 Å². The van der Waals surface area contributed by atoms with Gasteiger partial charge < -0.3 is 10.1 Å². The van der Waals surface area contributed by atoms with Gasteiger partial charge >= 0.3 is 47.7 Å². The maximum Gasteiger partial charge on any atom is 0.460 e. The predicted molar refractivity (Wildman–Crippen MR) is 88.3 cm³/mol. The Morgan fingerprint density at radius 2 is 1.14 bits per heavy atom. The van der Waals surface area contributed by atoms with Crippen molar-refractivity contribution in [3.63, 3.8) is 0 Å². The summed E-state index contributed by atoms with van der Waals surface area (Å²) in [5.74, 6) is -54.5. The number of ether oxygens (including phenoxy) is 1. The van der Waals surface area contributed by atoms with E-state index in [2.05, 4.69) is 11.3 Å². The van der Waals surface area contributed by atoms with Crippen LogP contribution in [0.2, 0.25) is 0 Å². The van der Waals surface area contributed by atoms with E-state index in [4.69, 9.17) is 0 Å². The molecular weight excluding hydrogens is 551 g/mol. The lowest BCUT2D eigenvalue weighted by molar-refractivity contribution is -0.449. The number of esters is 1. The Bertz CT molecular complexity index is 821. The molecule has 19 heteroatoms. The van der Waals surface area contributed by atoms with Crippen LogP contribution < -0.4 is 5.32 Å². The SMILES string of the molecule is C=CCC(NC(=O)C(F)(F)C(F)(F)C(F)(F)C(F)(F)C(F)(F)C(F)(F)C(F)(F)F)C(=O)OCC(C)C. The number of halogens is 15. The molecule has 4 nitrogen and oxygen atoms in total. The van der Waals surface area contributed by atoms with Gasteiger partial charge in [-0.05, 0) is 12.3 Å². The molecule has 0 bridgehead atoms. The molecule has 0 aromatic carbocycles. The molecule has 1 amide bonds. The van der Waals surface area contributed by atoms with Crippen LogP contribution in [0, 0.1) is 5.92 Å². The Kier molecular flexibility index (Phi) is 9.51. The lowest BCUT2D eigenvalue weighted by atomic mass is 9.90. The molecule has 0 rings (SSSR count). The monoisotopic (exact) mass is 567 g/mol. The van der Waals surface area contributed by atoms with Gasteiger partial charge in [-0.2, -0.15) is 65.9 Å². The number of amides is 1. The minimum atomic E-state index is -8.52. The average Bonchev–Trinajstić information content (AvgIpc) is 2.69. The third-order valence-corrected chi connectivity index (χ3v) is 4.16. The summed E-state index contributed by atoms with van der Waals surface area (Å²) in [5.41, 5.74) is 0. The first-order valence-corrected chi connectivity index (χ1v) is 9.10. The Hall–Kier alpha value is -2.37. The predicted octanol–water partition coefficient (Wildman–Crippen LogP) is 5.62. The van der Waals surface area contributed by atoms with E-state index in [1.807, 2.05) is 0 Å². The maximum atomic E-state index is 13.9. The van der Waals surface area contributed by atoms with Crippen LogP contribution in [0.3, 0.4) is 0 Å². The average molecular weight is 567 g/mol. The molecular formula is C17H16F15NO3. The van der Waals surface area contributed by atoms with E-state index in [-0.39, 0.29) is 0 Å². The first-order valence-electron chi connectivity index (χ1n) is 9.10. The summed E-state index contributed by atoms with van der Waals surface area (Å²) in [6.45, 7) is 5.37. The molecule has 1 N–H and O–H groups in total. The lowest BCUT2D eigenvalue weighted by Gasteiger charge is -2.41. The van der Waals surface area contributed by atoms with Gasteiger partial charge in [0.2, 0.25) is 0 Å². The van der Waals surface area contributed by atoms with E-state index in [1.165, 1.54) is 13.8 Å². The fourth-order valence-electron chi connectivity index (χ4n) is 2.09. The van der Waals surface area contributed by atoms with E-state index in [0.717, 1.165) is 0 Å². The first kappa shape index (κ1) is 33.6. The highest BCUT2D eigenvalue weighted by Gasteiger charge is 2.94. The second-order valence-corrected chi connectivity index (χ2v) is 7.52. The van der Waals surface area contributed by atoms with Crippen molar-refractivity contribution in [2.75, 3.05) is 6.61 Å². The molecule has 0 heterocycles. The highest BCUT2D eigenvalue weighted by molar-refractivity contribution is 5.89. The Morgan fingerprint density at radius 3 is 1.50 bits per heavy atom. The summed E-state index contributed by atoms with van der Waals surface area (Å²) in [5, 5.41) is 0.696. The van der Waals surface area contributed by atoms with Gasteiger partial charge in [-0.25, -0.2) is 4.79 Å². The van der Waals surface area contributed by atoms with E-state index in [0.29, 0.717) is 11.4 Å². The summed E-state index contributed by atoms with van der Waals surface area (Å²) in [4.78, 5) is 23.3. The maximum absolute atomic E-state index is 13.9. The van der Waals surface area contributed by atoms with Gasteiger partial charge in [0, 0.05) is 0 Å². The largest absolute Gasteiger partial charge is 0.464 e. The number of carbonyl (C=O) groups is 2. The highest BCUT2D eigenvalue weighted by Crippen LogP contribution is 2.62. The summed E-state index contributed by atoms with van der Waals surface area (Å²) in [7, 11) is 0. The van der Waals surface area contributed by atoms with Crippen molar-refractivity contribution >= 4 is 11.9 Å². The van der Waals surface area contributed by atoms with E-state index in [1.54, 1.807) is 0 Å². The zero-order valence-electron chi connectivity index (χ0n) is 17.7. The molecule has 0 fully saturated rings. The van der Waals surface area contributed by atoms with Gasteiger partial charge in [-0.15, -0.1) is 6.58 Å². The molecule has 0 saturated heterocycles. The normalized spacial score (nSPS) is 15.5. The van der Waals surface area contributed by atoms with Gasteiger partial charge in [-0.1, -0.05) is 19.9 Å². The van der Waals surface area contributed by atoms with Crippen LogP contribution in [-0.4, -0.2) is 66.2 Å². The first-order chi connectivity index (χ1) is 15.7. The quantitative estimate of drug-likeness (QED) is 0.189. The number of hydrogen-bond acceptors (Lipinski definition) is 3. The number of rotatable bonds is 12. The van der Waals surface area contributed by atoms with Crippen LogP contribution in [0.15, 0.2) is 12.7 Å². The van der Waals surface area contributed by atoms with Crippen molar-refractivity contribution in [1.29, 1.82) is 0 Å².